The maximum atomic E-state index is 12.1. The zero-order chi connectivity index (χ0) is 16.6. The van der Waals surface area contributed by atoms with Gasteiger partial charge in [0.25, 0.3) is 0 Å². The minimum absolute atomic E-state index is 0.0201. The molecular formula is C17H22BrNO4. The summed E-state index contributed by atoms with van der Waals surface area (Å²) < 4.78 is 17.6. The molecule has 1 unspecified atom stereocenters. The standard InChI is InChI=1S/C17H22BrNO4/c1-9(19)7-12-11-5-6-14(17(20)22-10-3-4-10)23-16(11)13(18)8-15(12)21-2/h8-10,14H,3-7,19H2,1-2H3/t9?,14-/m1/s1. The van der Waals surface area contributed by atoms with Crippen LogP contribution in [0.5, 0.6) is 11.5 Å². The number of nitrogens with two attached hydrogens (primary N) is 1. The molecule has 1 aliphatic carbocycles. The van der Waals surface area contributed by atoms with E-state index in [-0.39, 0.29) is 18.1 Å². The van der Waals surface area contributed by atoms with E-state index in [2.05, 4.69) is 15.9 Å². The first-order valence-corrected chi connectivity index (χ1v) is 8.79. The van der Waals surface area contributed by atoms with E-state index in [0.717, 1.165) is 40.6 Å². The minimum atomic E-state index is -0.532. The van der Waals surface area contributed by atoms with Gasteiger partial charge in [-0.15, -0.1) is 0 Å². The smallest absolute Gasteiger partial charge is 0.347 e. The number of benzene rings is 1. The molecule has 0 amide bonds. The number of hydrogen-bond acceptors (Lipinski definition) is 5. The van der Waals surface area contributed by atoms with Gasteiger partial charge in [0.15, 0.2) is 6.10 Å². The third-order valence-corrected chi connectivity index (χ3v) is 4.73. The normalized spacial score (nSPS) is 21.1. The van der Waals surface area contributed by atoms with Gasteiger partial charge in [0, 0.05) is 17.2 Å². The molecular weight excluding hydrogens is 362 g/mol. The average Bonchev–Trinajstić information content (AvgIpc) is 3.33. The molecule has 2 aliphatic rings. The maximum absolute atomic E-state index is 12.1. The van der Waals surface area contributed by atoms with E-state index in [9.17, 15) is 4.79 Å². The molecule has 0 bridgehead atoms. The van der Waals surface area contributed by atoms with E-state index in [1.165, 1.54) is 0 Å². The second-order valence-electron chi connectivity index (χ2n) is 6.31. The average molecular weight is 384 g/mol. The summed E-state index contributed by atoms with van der Waals surface area (Å²) in [4.78, 5) is 12.1. The van der Waals surface area contributed by atoms with Gasteiger partial charge in [0.2, 0.25) is 0 Å². The van der Waals surface area contributed by atoms with Crippen LogP contribution in [0.2, 0.25) is 0 Å². The summed E-state index contributed by atoms with van der Waals surface area (Å²) >= 11 is 3.53. The van der Waals surface area contributed by atoms with E-state index >= 15 is 0 Å². The molecule has 1 heterocycles. The number of methoxy groups -OCH3 is 1. The molecule has 3 rings (SSSR count). The number of carbonyl (C=O) groups is 1. The summed E-state index contributed by atoms with van der Waals surface area (Å²) in [5.74, 6) is 1.26. The molecule has 1 saturated carbocycles. The highest BCUT2D eigenvalue weighted by atomic mass is 79.9. The quantitative estimate of drug-likeness (QED) is 0.791. The summed E-state index contributed by atoms with van der Waals surface area (Å²) in [5, 5.41) is 0. The Bertz CT molecular complexity index is 613. The van der Waals surface area contributed by atoms with E-state index in [1.807, 2.05) is 13.0 Å². The van der Waals surface area contributed by atoms with Crippen molar-refractivity contribution in [3.05, 3.63) is 21.7 Å². The van der Waals surface area contributed by atoms with Crippen LogP contribution < -0.4 is 15.2 Å². The molecule has 23 heavy (non-hydrogen) atoms. The lowest BCUT2D eigenvalue weighted by Crippen LogP contribution is -2.34. The molecule has 1 aromatic rings. The van der Waals surface area contributed by atoms with Crippen molar-refractivity contribution in [1.82, 2.24) is 0 Å². The monoisotopic (exact) mass is 383 g/mol. The van der Waals surface area contributed by atoms with Gasteiger partial charge < -0.3 is 19.9 Å². The number of halogens is 1. The molecule has 1 aliphatic heterocycles. The first-order chi connectivity index (χ1) is 11.0. The van der Waals surface area contributed by atoms with Gasteiger partial charge >= 0.3 is 5.97 Å². The molecule has 5 nitrogen and oxygen atoms in total. The number of rotatable bonds is 5. The fourth-order valence-corrected chi connectivity index (χ4v) is 3.43. The van der Waals surface area contributed by atoms with Crippen LogP contribution in [0.1, 0.15) is 37.3 Å². The lowest BCUT2D eigenvalue weighted by Gasteiger charge is -2.28. The second kappa shape index (κ2) is 6.69. The predicted molar refractivity (Wildman–Crippen MR) is 89.9 cm³/mol. The van der Waals surface area contributed by atoms with Gasteiger partial charge in [-0.1, -0.05) is 0 Å². The molecule has 1 fully saturated rings. The van der Waals surface area contributed by atoms with Gasteiger partial charge in [-0.2, -0.15) is 0 Å². The zero-order valence-electron chi connectivity index (χ0n) is 13.4. The first kappa shape index (κ1) is 16.6. The van der Waals surface area contributed by atoms with Crippen molar-refractivity contribution in [2.24, 2.45) is 5.73 Å². The molecule has 126 valence electrons. The largest absolute Gasteiger partial charge is 0.496 e. The van der Waals surface area contributed by atoms with Crippen molar-refractivity contribution in [3.8, 4) is 11.5 Å². The van der Waals surface area contributed by atoms with Crippen molar-refractivity contribution in [2.75, 3.05) is 7.11 Å². The second-order valence-corrected chi connectivity index (χ2v) is 7.16. The van der Waals surface area contributed by atoms with Crippen LogP contribution >= 0.6 is 15.9 Å². The molecule has 2 atom stereocenters. The third kappa shape index (κ3) is 3.63. The van der Waals surface area contributed by atoms with Crippen LogP contribution in [-0.4, -0.2) is 31.3 Å². The van der Waals surface area contributed by atoms with Crippen LogP contribution in [0.25, 0.3) is 0 Å². The molecule has 1 aromatic carbocycles. The number of hydrogen-bond donors (Lipinski definition) is 1. The lowest BCUT2D eigenvalue weighted by molar-refractivity contribution is -0.154. The predicted octanol–water partition coefficient (Wildman–Crippen LogP) is 2.75. The van der Waals surface area contributed by atoms with Crippen molar-refractivity contribution in [2.45, 2.75) is 57.3 Å². The third-order valence-electron chi connectivity index (χ3n) is 4.14. The zero-order valence-corrected chi connectivity index (χ0v) is 15.0. The number of carbonyl (C=O) groups excluding carboxylic acids is 1. The SMILES string of the molecule is COc1cc(Br)c2c(c1CC(C)N)CC[C@H](C(=O)OC1CC1)O2. The van der Waals surface area contributed by atoms with Crippen molar-refractivity contribution < 1.29 is 19.0 Å². The highest BCUT2D eigenvalue weighted by molar-refractivity contribution is 9.10. The minimum Gasteiger partial charge on any atom is -0.496 e. The van der Waals surface area contributed by atoms with E-state index < -0.39 is 6.10 Å². The van der Waals surface area contributed by atoms with Gasteiger partial charge in [-0.3, -0.25) is 0 Å². The highest BCUT2D eigenvalue weighted by Crippen LogP contribution is 2.42. The summed E-state index contributed by atoms with van der Waals surface area (Å²) in [5.41, 5.74) is 8.11. The molecule has 0 saturated heterocycles. The Morgan fingerprint density at radius 1 is 1.48 bits per heavy atom. The topological polar surface area (TPSA) is 70.8 Å². The van der Waals surface area contributed by atoms with Gasteiger partial charge in [-0.25, -0.2) is 4.79 Å². The van der Waals surface area contributed by atoms with Crippen LogP contribution in [0.3, 0.4) is 0 Å². The number of ether oxygens (including phenoxy) is 3. The molecule has 6 heteroatoms. The summed E-state index contributed by atoms with van der Waals surface area (Å²) in [6.45, 7) is 1.97. The Kier molecular flexibility index (Phi) is 4.82. The van der Waals surface area contributed by atoms with Crippen LogP contribution in [-0.2, 0) is 22.4 Å². The van der Waals surface area contributed by atoms with Crippen molar-refractivity contribution in [1.29, 1.82) is 0 Å². The maximum Gasteiger partial charge on any atom is 0.347 e. The van der Waals surface area contributed by atoms with Crippen LogP contribution in [0.15, 0.2) is 10.5 Å². The van der Waals surface area contributed by atoms with E-state index in [4.69, 9.17) is 19.9 Å². The fraction of sp³-hybridized carbons (Fsp3) is 0.588. The molecule has 2 N–H and O–H groups in total. The van der Waals surface area contributed by atoms with Crippen molar-refractivity contribution >= 4 is 21.9 Å². The molecule has 0 aromatic heterocycles. The summed E-state index contributed by atoms with van der Waals surface area (Å²) in [6.07, 6.45) is 3.57. The Balaban J connectivity index is 1.87. The Morgan fingerprint density at radius 3 is 2.83 bits per heavy atom. The van der Waals surface area contributed by atoms with Gasteiger partial charge in [0.1, 0.15) is 17.6 Å². The number of esters is 1. The first-order valence-electron chi connectivity index (χ1n) is 8.00. The molecule has 0 spiro atoms. The molecule has 0 radical (unpaired) electrons. The fourth-order valence-electron chi connectivity index (χ4n) is 2.89. The Hall–Kier alpha value is -1.27. The number of fused-ring (bicyclic) bond motifs is 1. The lowest BCUT2D eigenvalue weighted by atomic mass is 9.93. The summed E-state index contributed by atoms with van der Waals surface area (Å²) in [6, 6.07) is 1.90. The summed E-state index contributed by atoms with van der Waals surface area (Å²) in [7, 11) is 1.65. The Labute approximate surface area is 144 Å². The van der Waals surface area contributed by atoms with Gasteiger partial charge in [-0.05, 0) is 61.0 Å². The van der Waals surface area contributed by atoms with E-state index in [0.29, 0.717) is 18.6 Å². The highest BCUT2D eigenvalue weighted by Gasteiger charge is 2.35. The van der Waals surface area contributed by atoms with Crippen molar-refractivity contribution in [3.63, 3.8) is 0 Å². The van der Waals surface area contributed by atoms with Gasteiger partial charge in [0.05, 0.1) is 11.6 Å². The Morgan fingerprint density at radius 2 is 2.22 bits per heavy atom. The van der Waals surface area contributed by atoms with Crippen LogP contribution in [0.4, 0.5) is 0 Å². The van der Waals surface area contributed by atoms with E-state index in [1.54, 1.807) is 7.11 Å². The van der Waals surface area contributed by atoms with Crippen LogP contribution in [0, 0.1) is 0 Å².